The number of benzene rings is 1. The van der Waals surface area contributed by atoms with Gasteiger partial charge in [0.15, 0.2) is 16.7 Å². The molecule has 0 amide bonds. The number of aromatic nitrogens is 5. The highest BCUT2D eigenvalue weighted by molar-refractivity contribution is 7.99. The van der Waals surface area contributed by atoms with Gasteiger partial charge < -0.3 is 23.8 Å². The summed E-state index contributed by atoms with van der Waals surface area (Å²) >= 11 is 1.22. The van der Waals surface area contributed by atoms with Crippen LogP contribution in [0.2, 0.25) is 0 Å². The van der Waals surface area contributed by atoms with Gasteiger partial charge in [-0.05, 0) is 24.3 Å². The van der Waals surface area contributed by atoms with E-state index in [9.17, 15) is 9.90 Å². The number of H-pyrrole nitrogens is 1. The summed E-state index contributed by atoms with van der Waals surface area (Å²) in [4.78, 5) is 19.7. The second-order valence-electron chi connectivity index (χ2n) is 6.05. The van der Waals surface area contributed by atoms with E-state index >= 15 is 0 Å². The average Bonchev–Trinajstić information content (AvgIpc) is 3.46. The lowest BCUT2D eigenvalue weighted by atomic mass is 10.2. The lowest BCUT2D eigenvalue weighted by molar-refractivity contribution is -0.133. The van der Waals surface area contributed by atoms with E-state index in [0.29, 0.717) is 22.3 Å². The molecular formula is C19H17N5O4S. The van der Waals surface area contributed by atoms with Crippen molar-refractivity contribution in [3.63, 3.8) is 0 Å². The van der Waals surface area contributed by atoms with Crippen molar-refractivity contribution in [1.82, 2.24) is 24.7 Å². The number of carbonyl (C=O) groups excluding carboxylic acids is 1. The van der Waals surface area contributed by atoms with Gasteiger partial charge in [-0.3, -0.25) is 0 Å². The first-order valence-corrected chi connectivity index (χ1v) is 9.58. The van der Waals surface area contributed by atoms with E-state index in [1.807, 2.05) is 24.3 Å². The molecule has 2 N–H and O–H groups in total. The van der Waals surface area contributed by atoms with Crippen LogP contribution in [0.1, 0.15) is 5.82 Å². The molecule has 0 aliphatic heterocycles. The quantitative estimate of drug-likeness (QED) is 0.215. The van der Waals surface area contributed by atoms with Gasteiger partial charge in [0.2, 0.25) is 0 Å². The number of aromatic amines is 1. The molecule has 0 saturated heterocycles. The second-order valence-corrected chi connectivity index (χ2v) is 6.99. The van der Waals surface area contributed by atoms with Gasteiger partial charge in [-0.15, -0.1) is 10.2 Å². The number of para-hydroxylation sites is 2. The van der Waals surface area contributed by atoms with Crippen LogP contribution in [-0.2, 0) is 16.6 Å². The molecule has 10 heteroatoms. The van der Waals surface area contributed by atoms with Gasteiger partial charge in [-0.1, -0.05) is 23.9 Å². The van der Waals surface area contributed by atoms with Crippen molar-refractivity contribution in [3.8, 4) is 11.6 Å². The highest BCUT2D eigenvalue weighted by atomic mass is 32.2. The Hall–Kier alpha value is -3.53. The zero-order chi connectivity index (χ0) is 20.4. The Balaban J connectivity index is 1.62. The van der Waals surface area contributed by atoms with Gasteiger partial charge in [-0.25, -0.2) is 9.78 Å². The molecule has 3 heterocycles. The normalized spacial score (nSPS) is 12.2. The number of imidazole rings is 1. The third kappa shape index (κ3) is 3.61. The van der Waals surface area contributed by atoms with Crippen LogP contribution in [0.4, 0.5) is 0 Å². The third-order valence-electron chi connectivity index (χ3n) is 4.22. The summed E-state index contributed by atoms with van der Waals surface area (Å²) in [7, 11) is 3.05. The number of rotatable bonds is 6. The second kappa shape index (κ2) is 7.84. The Kier molecular flexibility index (Phi) is 5.09. The molecule has 0 unspecified atom stereocenters. The summed E-state index contributed by atoms with van der Waals surface area (Å²) in [6.07, 6.45) is 1.56. The predicted octanol–water partition coefficient (Wildman–Crippen LogP) is 3.19. The maximum absolute atomic E-state index is 12.3. The van der Waals surface area contributed by atoms with Crippen LogP contribution in [0.15, 0.2) is 58.0 Å². The van der Waals surface area contributed by atoms with E-state index in [1.165, 1.54) is 18.9 Å². The summed E-state index contributed by atoms with van der Waals surface area (Å²) < 4.78 is 11.9. The molecule has 0 bridgehead atoms. The minimum atomic E-state index is -0.684. The first-order chi connectivity index (χ1) is 14.1. The fraction of sp³-hybridized carbons (Fsp3) is 0.158. The van der Waals surface area contributed by atoms with Gasteiger partial charge in [0.25, 0.3) is 0 Å². The van der Waals surface area contributed by atoms with E-state index in [-0.39, 0.29) is 22.9 Å². The fourth-order valence-electron chi connectivity index (χ4n) is 2.79. The smallest absolute Gasteiger partial charge is 0.345 e. The van der Waals surface area contributed by atoms with E-state index in [4.69, 9.17) is 9.15 Å². The molecule has 0 radical (unpaired) electrons. The molecule has 3 aromatic heterocycles. The number of esters is 1. The molecular weight excluding hydrogens is 394 g/mol. The van der Waals surface area contributed by atoms with Gasteiger partial charge in [-0.2, -0.15) is 0 Å². The highest BCUT2D eigenvalue weighted by Gasteiger charge is 2.23. The van der Waals surface area contributed by atoms with Crippen LogP contribution < -0.4 is 0 Å². The summed E-state index contributed by atoms with van der Waals surface area (Å²) in [5.41, 5.74) is 1.41. The standard InChI is InChI=1S/C19H17N5O4S/c1-24-17(14-8-5-9-28-14)22-23-19(24)29-10-13(25)15(18(26)27-2)16-20-11-6-3-4-7-12(11)21-16/h3-9,25H,10H2,1-2H3,(H,20,21). The van der Waals surface area contributed by atoms with Crippen LogP contribution in [0, 0.1) is 0 Å². The summed E-state index contributed by atoms with van der Waals surface area (Å²) in [5, 5.41) is 19.4. The maximum Gasteiger partial charge on any atom is 0.345 e. The number of aliphatic hydroxyl groups is 1. The van der Waals surface area contributed by atoms with Crippen molar-refractivity contribution in [3.05, 3.63) is 54.2 Å². The summed E-state index contributed by atoms with van der Waals surface area (Å²) in [5.74, 6) is 0.604. The summed E-state index contributed by atoms with van der Waals surface area (Å²) in [6, 6.07) is 10.9. The number of carbonyl (C=O) groups is 1. The fourth-order valence-corrected chi connectivity index (χ4v) is 3.58. The summed E-state index contributed by atoms with van der Waals surface area (Å²) in [6.45, 7) is 0. The Labute approximate surface area is 169 Å². The molecule has 4 aromatic rings. The number of hydrogen-bond acceptors (Lipinski definition) is 8. The number of nitrogens with one attached hydrogen (secondary N) is 1. The zero-order valence-corrected chi connectivity index (χ0v) is 16.4. The highest BCUT2D eigenvalue weighted by Crippen LogP contribution is 2.27. The third-order valence-corrected chi connectivity index (χ3v) is 5.25. The molecule has 0 aliphatic carbocycles. The number of furan rings is 1. The monoisotopic (exact) mass is 411 g/mol. The average molecular weight is 411 g/mol. The number of ether oxygens (including phenoxy) is 1. The first kappa shape index (κ1) is 18.8. The van der Waals surface area contributed by atoms with Crippen molar-refractivity contribution in [2.75, 3.05) is 12.9 Å². The van der Waals surface area contributed by atoms with Crippen molar-refractivity contribution in [2.45, 2.75) is 5.16 Å². The largest absolute Gasteiger partial charge is 0.510 e. The number of nitrogens with zero attached hydrogens (tertiary/aromatic N) is 4. The Bertz CT molecular complexity index is 1160. The van der Waals surface area contributed by atoms with Crippen LogP contribution in [0.3, 0.4) is 0 Å². The number of aliphatic hydroxyl groups excluding tert-OH is 1. The van der Waals surface area contributed by atoms with E-state index < -0.39 is 5.97 Å². The Morgan fingerprint density at radius 1 is 1.28 bits per heavy atom. The molecule has 0 fully saturated rings. The lowest BCUT2D eigenvalue weighted by Crippen LogP contribution is -2.10. The molecule has 1 aromatic carbocycles. The van der Waals surface area contributed by atoms with Crippen LogP contribution in [0.25, 0.3) is 28.2 Å². The van der Waals surface area contributed by atoms with Crippen molar-refractivity contribution >= 4 is 34.3 Å². The van der Waals surface area contributed by atoms with Crippen molar-refractivity contribution < 1.29 is 19.1 Å². The molecule has 9 nitrogen and oxygen atoms in total. The van der Waals surface area contributed by atoms with E-state index in [0.717, 1.165) is 5.52 Å². The van der Waals surface area contributed by atoms with Crippen molar-refractivity contribution in [1.29, 1.82) is 0 Å². The first-order valence-electron chi connectivity index (χ1n) is 8.60. The minimum Gasteiger partial charge on any atom is -0.510 e. The van der Waals surface area contributed by atoms with Crippen LogP contribution in [-0.4, -0.2) is 48.7 Å². The lowest BCUT2D eigenvalue weighted by Gasteiger charge is -2.07. The molecule has 0 atom stereocenters. The predicted molar refractivity (Wildman–Crippen MR) is 107 cm³/mol. The maximum atomic E-state index is 12.3. The molecule has 148 valence electrons. The number of methoxy groups -OCH3 is 1. The van der Waals surface area contributed by atoms with E-state index in [1.54, 1.807) is 30.0 Å². The minimum absolute atomic E-state index is 0.0235. The van der Waals surface area contributed by atoms with Crippen LogP contribution in [0.5, 0.6) is 0 Å². The molecule has 0 saturated carbocycles. The number of thioether (sulfide) groups is 1. The van der Waals surface area contributed by atoms with Crippen molar-refractivity contribution in [2.24, 2.45) is 7.05 Å². The van der Waals surface area contributed by atoms with Gasteiger partial charge in [0.1, 0.15) is 17.2 Å². The van der Waals surface area contributed by atoms with Gasteiger partial charge in [0, 0.05) is 7.05 Å². The topological polar surface area (TPSA) is 119 Å². The molecule has 0 spiro atoms. The van der Waals surface area contributed by atoms with Crippen LogP contribution >= 0.6 is 11.8 Å². The zero-order valence-electron chi connectivity index (χ0n) is 15.6. The number of hydrogen-bond donors (Lipinski definition) is 2. The van der Waals surface area contributed by atoms with E-state index in [2.05, 4.69) is 20.2 Å². The molecule has 0 aliphatic rings. The molecule has 4 rings (SSSR count). The SMILES string of the molecule is COC(=O)C(=C(O)CSc1nnc(-c2ccco2)n1C)c1nc2ccccc2[nH]1. The Morgan fingerprint density at radius 3 is 2.83 bits per heavy atom. The number of fused-ring (bicyclic) bond motifs is 1. The van der Waals surface area contributed by atoms with Gasteiger partial charge >= 0.3 is 5.97 Å². The molecule has 29 heavy (non-hydrogen) atoms. The van der Waals surface area contributed by atoms with Gasteiger partial charge in [0.05, 0.1) is 30.2 Å². The Morgan fingerprint density at radius 2 is 2.10 bits per heavy atom.